The third kappa shape index (κ3) is 3.56. The normalized spacial score (nSPS) is 13.8. The Bertz CT molecular complexity index is 927. The van der Waals surface area contributed by atoms with Crippen LogP contribution in [0.5, 0.6) is 0 Å². The van der Waals surface area contributed by atoms with E-state index >= 15 is 0 Å². The van der Waals surface area contributed by atoms with E-state index in [1.165, 1.54) is 9.13 Å². The van der Waals surface area contributed by atoms with Crippen molar-refractivity contribution in [3.8, 4) is 0 Å². The molecule has 0 atom stereocenters. The molecule has 140 valence electrons. The van der Waals surface area contributed by atoms with Gasteiger partial charge in [-0.2, -0.15) is 0 Å². The largest absolute Gasteiger partial charge is 0.465 e. The Balaban J connectivity index is 1.97. The van der Waals surface area contributed by atoms with Crippen LogP contribution in [0.3, 0.4) is 0 Å². The zero-order valence-corrected chi connectivity index (χ0v) is 16.7. The molecule has 0 aliphatic heterocycles. The maximum Gasteiger partial charge on any atom is 0.328 e. The topological polar surface area (TPSA) is 73.5 Å². The van der Waals surface area contributed by atoms with Gasteiger partial charge in [-0.1, -0.05) is 0 Å². The number of hydrogen-bond donors (Lipinski definition) is 0. The summed E-state index contributed by atoms with van der Waals surface area (Å²) >= 11 is 3.44. The number of hydrogen-bond acceptors (Lipinski definition) is 4. The molecule has 2 aromatic rings. The summed E-state index contributed by atoms with van der Waals surface area (Å²) in [6, 6.07) is 3.47. The number of ether oxygens (including phenoxy) is 1. The van der Waals surface area contributed by atoms with Gasteiger partial charge in [-0.3, -0.25) is 18.7 Å². The quantitative estimate of drug-likeness (QED) is 0.666. The minimum Gasteiger partial charge on any atom is -0.465 e. The van der Waals surface area contributed by atoms with Crippen molar-refractivity contribution in [2.75, 3.05) is 19.7 Å². The summed E-state index contributed by atoms with van der Waals surface area (Å²) in [4.78, 5) is 38.7. The van der Waals surface area contributed by atoms with Crippen molar-refractivity contribution in [1.82, 2.24) is 14.0 Å². The minimum atomic E-state index is -0.411. The first-order valence-corrected chi connectivity index (χ1v) is 9.42. The van der Waals surface area contributed by atoms with Crippen LogP contribution in [0.15, 0.2) is 21.4 Å². The molecule has 3 rings (SSSR count). The van der Waals surface area contributed by atoms with E-state index in [2.05, 4.69) is 15.9 Å². The highest BCUT2D eigenvalue weighted by molar-refractivity contribution is 9.10. The second-order valence-electron chi connectivity index (χ2n) is 6.66. The molecule has 1 heterocycles. The van der Waals surface area contributed by atoms with Crippen LogP contribution in [0.25, 0.3) is 11.0 Å². The van der Waals surface area contributed by atoms with Gasteiger partial charge in [0.05, 0.1) is 23.2 Å². The van der Waals surface area contributed by atoms with Gasteiger partial charge in [-0.15, -0.1) is 0 Å². The monoisotopic (exact) mass is 423 g/mol. The summed E-state index contributed by atoms with van der Waals surface area (Å²) in [5.74, 6) is -0.210. The van der Waals surface area contributed by atoms with Crippen LogP contribution in [0.1, 0.15) is 30.1 Å². The van der Waals surface area contributed by atoms with E-state index in [1.54, 1.807) is 38.1 Å². The number of imidazole rings is 1. The number of rotatable bonds is 6. The Labute approximate surface area is 159 Å². The van der Waals surface area contributed by atoms with Gasteiger partial charge in [0.1, 0.15) is 6.54 Å². The van der Waals surface area contributed by atoms with Crippen LogP contribution in [0.4, 0.5) is 0 Å². The SMILES string of the molecule is CCOC(=O)CN(CC1CC1)C(=O)c1cc2c(cc1Br)n(C)c(=O)n2C. The predicted octanol–water partition coefficient (Wildman–Crippen LogP) is 2.05. The van der Waals surface area contributed by atoms with Crippen molar-refractivity contribution in [2.45, 2.75) is 19.8 Å². The van der Waals surface area contributed by atoms with Gasteiger partial charge in [0.15, 0.2) is 0 Å². The number of fused-ring (bicyclic) bond motifs is 1. The maximum atomic E-state index is 13.1. The first-order chi connectivity index (χ1) is 12.3. The molecule has 1 saturated carbocycles. The number of aromatic nitrogens is 2. The number of carbonyl (C=O) groups is 2. The van der Waals surface area contributed by atoms with Crippen molar-refractivity contribution in [2.24, 2.45) is 20.0 Å². The van der Waals surface area contributed by atoms with Crippen LogP contribution >= 0.6 is 15.9 Å². The summed E-state index contributed by atoms with van der Waals surface area (Å²) in [5.41, 5.74) is 1.69. The molecule has 1 amide bonds. The van der Waals surface area contributed by atoms with E-state index in [4.69, 9.17) is 4.74 Å². The number of halogens is 1. The van der Waals surface area contributed by atoms with Crippen LogP contribution in [-0.2, 0) is 23.6 Å². The Morgan fingerprint density at radius 3 is 2.42 bits per heavy atom. The Kier molecular flexibility index (Phi) is 5.22. The molecule has 0 saturated heterocycles. The molecule has 0 spiro atoms. The minimum absolute atomic E-state index is 0.0681. The fourth-order valence-corrected chi connectivity index (χ4v) is 3.55. The van der Waals surface area contributed by atoms with E-state index in [1.807, 2.05) is 0 Å². The molecule has 1 aliphatic rings. The van der Waals surface area contributed by atoms with Crippen molar-refractivity contribution >= 4 is 38.8 Å². The number of amides is 1. The first-order valence-electron chi connectivity index (χ1n) is 8.63. The summed E-state index contributed by atoms with van der Waals surface area (Å²) in [6.45, 7) is 2.49. The van der Waals surface area contributed by atoms with Crippen molar-refractivity contribution < 1.29 is 14.3 Å². The molecule has 26 heavy (non-hydrogen) atoms. The van der Waals surface area contributed by atoms with Gasteiger partial charge >= 0.3 is 11.7 Å². The van der Waals surface area contributed by atoms with Crippen LogP contribution in [-0.4, -0.2) is 45.6 Å². The van der Waals surface area contributed by atoms with Crippen LogP contribution in [0.2, 0.25) is 0 Å². The third-order valence-corrected chi connectivity index (χ3v) is 5.34. The maximum absolute atomic E-state index is 13.1. The smallest absolute Gasteiger partial charge is 0.328 e. The van der Waals surface area contributed by atoms with Gasteiger partial charge in [-0.25, -0.2) is 4.79 Å². The molecule has 0 bridgehead atoms. The molecule has 1 fully saturated rings. The van der Waals surface area contributed by atoms with Crippen LogP contribution < -0.4 is 5.69 Å². The van der Waals surface area contributed by atoms with E-state index < -0.39 is 5.97 Å². The highest BCUT2D eigenvalue weighted by Gasteiger charge is 2.30. The number of carbonyl (C=O) groups excluding carboxylic acids is 2. The van der Waals surface area contributed by atoms with Crippen molar-refractivity contribution in [1.29, 1.82) is 0 Å². The molecule has 1 aromatic carbocycles. The zero-order chi connectivity index (χ0) is 19.0. The number of esters is 1. The zero-order valence-electron chi connectivity index (χ0n) is 15.1. The lowest BCUT2D eigenvalue weighted by Gasteiger charge is -2.22. The Hall–Kier alpha value is -2.09. The van der Waals surface area contributed by atoms with Crippen molar-refractivity contribution in [3.63, 3.8) is 0 Å². The van der Waals surface area contributed by atoms with Gasteiger partial charge in [0.2, 0.25) is 0 Å². The molecule has 1 aromatic heterocycles. The number of aryl methyl sites for hydroxylation is 2. The van der Waals surface area contributed by atoms with Crippen molar-refractivity contribution in [3.05, 3.63) is 32.7 Å². The Morgan fingerprint density at radius 1 is 1.23 bits per heavy atom. The van der Waals surface area contributed by atoms with Crippen LogP contribution in [0, 0.1) is 5.92 Å². The predicted molar refractivity (Wildman–Crippen MR) is 101 cm³/mol. The molecule has 1 aliphatic carbocycles. The summed E-state index contributed by atoms with van der Waals surface area (Å²) in [7, 11) is 3.37. The number of nitrogens with zero attached hydrogens (tertiary/aromatic N) is 3. The summed E-state index contributed by atoms with van der Waals surface area (Å²) in [5, 5.41) is 0. The van der Waals surface area contributed by atoms with E-state index in [9.17, 15) is 14.4 Å². The average molecular weight is 424 g/mol. The van der Waals surface area contributed by atoms with Gasteiger partial charge in [0, 0.05) is 25.1 Å². The molecule has 8 heteroatoms. The third-order valence-electron chi connectivity index (χ3n) is 4.68. The molecule has 7 nitrogen and oxygen atoms in total. The van der Waals surface area contributed by atoms with E-state index in [0.717, 1.165) is 18.4 Å². The highest BCUT2D eigenvalue weighted by Crippen LogP contribution is 2.31. The van der Waals surface area contributed by atoms with Gasteiger partial charge in [0.25, 0.3) is 5.91 Å². The standard InChI is InChI=1S/C18H22BrN3O4/c1-4-26-16(23)10-22(9-11-5-6-11)17(24)12-7-14-15(8-13(12)19)21(3)18(25)20(14)2/h7-8,11H,4-6,9-10H2,1-3H3. The lowest BCUT2D eigenvalue weighted by Crippen LogP contribution is -2.38. The lowest BCUT2D eigenvalue weighted by molar-refractivity contribution is -0.143. The Morgan fingerprint density at radius 2 is 1.85 bits per heavy atom. The fraction of sp³-hybridized carbons (Fsp3) is 0.500. The van der Waals surface area contributed by atoms with Gasteiger partial charge < -0.3 is 9.64 Å². The molecule has 0 unspecified atom stereocenters. The molecular weight excluding hydrogens is 402 g/mol. The summed E-state index contributed by atoms with van der Waals surface area (Å²) in [6.07, 6.45) is 2.14. The lowest BCUT2D eigenvalue weighted by atomic mass is 10.1. The second kappa shape index (κ2) is 7.26. The van der Waals surface area contributed by atoms with E-state index in [0.29, 0.717) is 28.0 Å². The average Bonchev–Trinajstić information content (AvgIpc) is 3.39. The summed E-state index contributed by atoms with van der Waals surface area (Å²) < 4.78 is 8.65. The fourth-order valence-electron chi connectivity index (χ4n) is 3.05. The highest BCUT2D eigenvalue weighted by atomic mass is 79.9. The van der Waals surface area contributed by atoms with E-state index in [-0.39, 0.29) is 24.7 Å². The second-order valence-corrected chi connectivity index (χ2v) is 7.51. The molecule has 0 radical (unpaired) electrons. The molecular formula is C18H22BrN3O4. The molecule has 0 N–H and O–H groups in total. The first kappa shape index (κ1) is 18.7. The van der Waals surface area contributed by atoms with Gasteiger partial charge in [-0.05, 0) is 53.7 Å². The number of benzene rings is 1.